The summed E-state index contributed by atoms with van der Waals surface area (Å²) in [5.74, 6) is 0.402. The minimum absolute atomic E-state index is 0.282. The minimum atomic E-state index is -0.539. The first kappa shape index (κ1) is 14.1. The van der Waals surface area contributed by atoms with Gasteiger partial charge in [0.1, 0.15) is 11.5 Å². The molecule has 0 saturated carbocycles. The van der Waals surface area contributed by atoms with Crippen molar-refractivity contribution in [3.8, 4) is 0 Å². The zero-order valence-electron chi connectivity index (χ0n) is 11.8. The highest BCUT2D eigenvalue weighted by molar-refractivity contribution is 6.42. The van der Waals surface area contributed by atoms with Gasteiger partial charge in [0.25, 0.3) is 5.91 Å². The number of hydrogen-bond donors (Lipinski definition) is 0. The third kappa shape index (κ3) is 3.15. The Morgan fingerprint density at radius 3 is 2.25 bits per heavy atom. The second-order valence-electron chi connectivity index (χ2n) is 4.87. The number of nitrogens with zero attached hydrogens (tertiary/aromatic N) is 1. The van der Waals surface area contributed by atoms with Crippen molar-refractivity contribution in [1.82, 2.24) is 4.90 Å². The van der Waals surface area contributed by atoms with E-state index in [1.807, 2.05) is 32.0 Å². The number of aryl methyl sites for hydroxylation is 2. The highest BCUT2D eigenvalue weighted by Crippen LogP contribution is 2.11. The van der Waals surface area contributed by atoms with Gasteiger partial charge in [-0.3, -0.25) is 9.59 Å². The number of ketones is 1. The van der Waals surface area contributed by atoms with Crippen LogP contribution in [0.3, 0.4) is 0 Å². The second-order valence-corrected chi connectivity index (χ2v) is 4.87. The van der Waals surface area contributed by atoms with Crippen LogP contribution in [0.4, 0.5) is 0 Å². The summed E-state index contributed by atoms with van der Waals surface area (Å²) in [5.41, 5.74) is 1.46. The molecule has 0 radical (unpaired) electrons. The normalized spacial score (nSPS) is 10.3. The average Bonchev–Trinajstić information content (AvgIpc) is 2.83. The van der Waals surface area contributed by atoms with Crippen LogP contribution in [0.5, 0.6) is 0 Å². The van der Waals surface area contributed by atoms with Gasteiger partial charge in [0, 0.05) is 12.6 Å². The molecule has 1 aromatic carbocycles. The molecule has 0 saturated heterocycles. The van der Waals surface area contributed by atoms with Crippen LogP contribution in [-0.4, -0.2) is 23.6 Å². The van der Waals surface area contributed by atoms with E-state index >= 15 is 0 Å². The maximum Gasteiger partial charge on any atom is 0.295 e. The molecule has 0 aliphatic carbocycles. The van der Waals surface area contributed by atoms with Crippen molar-refractivity contribution in [2.75, 3.05) is 7.05 Å². The van der Waals surface area contributed by atoms with Crippen molar-refractivity contribution < 1.29 is 14.0 Å². The van der Waals surface area contributed by atoms with E-state index in [2.05, 4.69) is 0 Å². The quantitative estimate of drug-likeness (QED) is 0.634. The van der Waals surface area contributed by atoms with Crippen molar-refractivity contribution in [1.29, 1.82) is 0 Å². The van der Waals surface area contributed by atoms with Crippen LogP contribution in [0.1, 0.15) is 27.4 Å². The summed E-state index contributed by atoms with van der Waals surface area (Å²) in [4.78, 5) is 25.5. The number of rotatable bonds is 4. The molecule has 104 valence electrons. The maximum atomic E-state index is 12.1. The monoisotopic (exact) mass is 271 g/mol. The van der Waals surface area contributed by atoms with Gasteiger partial charge in [-0.25, -0.2) is 0 Å². The predicted octanol–water partition coefficient (Wildman–Crippen LogP) is 2.74. The van der Waals surface area contributed by atoms with Crippen LogP contribution >= 0.6 is 0 Å². The Hall–Kier alpha value is -2.36. The third-order valence-electron chi connectivity index (χ3n) is 3.04. The first-order valence-corrected chi connectivity index (χ1v) is 6.39. The number of benzene rings is 1. The Kier molecular flexibility index (Phi) is 4.03. The van der Waals surface area contributed by atoms with E-state index < -0.39 is 11.7 Å². The summed E-state index contributed by atoms with van der Waals surface area (Å²) in [7, 11) is 1.59. The van der Waals surface area contributed by atoms with Crippen LogP contribution in [0.15, 0.2) is 40.8 Å². The maximum absolute atomic E-state index is 12.1. The van der Waals surface area contributed by atoms with Gasteiger partial charge in [0.2, 0.25) is 5.78 Å². The molecular formula is C16H17NO3. The average molecular weight is 271 g/mol. The number of likely N-dealkylation sites (N-methyl/N-ethyl adjacent to an activating group) is 1. The molecule has 0 spiro atoms. The van der Waals surface area contributed by atoms with E-state index in [-0.39, 0.29) is 6.54 Å². The number of carbonyl (C=O) groups is 2. The Balaban J connectivity index is 2.06. The number of amides is 1. The van der Waals surface area contributed by atoms with Gasteiger partial charge < -0.3 is 9.32 Å². The third-order valence-corrected chi connectivity index (χ3v) is 3.04. The predicted molar refractivity (Wildman–Crippen MR) is 75.4 cm³/mol. The lowest BCUT2D eigenvalue weighted by atomic mass is 10.1. The fraction of sp³-hybridized carbons (Fsp3) is 0.250. The highest BCUT2D eigenvalue weighted by Gasteiger charge is 2.21. The molecule has 0 atom stereocenters. The fourth-order valence-electron chi connectivity index (χ4n) is 1.88. The van der Waals surface area contributed by atoms with Crippen molar-refractivity contribution in [2.45, 2.75) is 20.4 Å². The highest BCUT2D eigenvalue weighted by atomic mass is 16.3. The van der Waals surface area contributed by atoms with Gasteiger partial charge in [-0.2, -0.15) is 0 Å². The number of furan rings is 1. The first-order valence-electron chi connectivity index (χ1n) is 6.39. The van der Waals surface area contributed by atoms with Gasteiger partial charge in [0.05, 0.1) is 6.54 Å². The number of carbonyl (C=O) groups excluding carboxylic acids is 2. The van der Waals surface area contributed by atoms with Crippen LogP contribution in [-0.2, 0) is 11.3 Å². The molecule has 20 heavy (non-hydrogen) atoms. The zero-order valence-corrected chi connectivity index (χ0v) is 11.8. The second kappa shape index (κ2) is 5.74. The fourth-order valence-corrected chi connectivity index (χ4v) is 1.88. The SMILES string of the molecule is Cc1ccc(C(=O)C(=O)N(C)Cc2ccc(C)o2)cc1. The minimum Gasteiger partial charge on any atom is -0.464 e. The van der Waals surface area contributed by atoms with Crippen molar-refractivity contribution in [3.63, 3.8) is 0 Å². The van der Waals surface area contributed by atoms with E-state index in [1.54, 1.807) is 25.2 Å². The van der Waals surface area contributed by atoms with E-state index in [9.17, 15) is 9.59 Å². The lowest BCUT2D eigenvalue weighted by molar-refractivity contribution is -0.125. The lowest BCUT2D eigenvalue weighted by Gasteiger charge is -2.14. The van der Waals surface area contributed by atoms with E-state index in [4.69, 9.17) is 4.42 Å². The summed E-state index contributed by atoms with van der Waals surface area (Å²) in [6, 6.07) is 10.6. The van der Waals surface area contributed by atoms with Gasteiger partial charge in [0.15, 0.2) is 0 Å². The molecule has 2 aromatic rings. The van der Waals surface area contributed by atoms with Crippen LogP contribution in [0, 0.1) is 13.8 Å². The first-order chi connectivity index (χ1) is 9.47. The molecule has 1 aromatic heterocycles. The summed E-state index contributed by atoms with van der Waals surface area (Å²) in [6.45, 7) is 4.05. The van der Waals surface area contributed by atoms with Gasteiger partial charge in [-0.1, -0.05) is 29.8 Å². The van der Waals surface area contributed by atoms with E-state index in [0.29, 0.717) is 11.3 Å². The Morgan fingerprint density at radius 1 is 1.05 bits per heavy atom. The Bertz CT molecular complexity index is 625. The molecule has 0 aliphatic heterocycles. The standard InChI is InChI=1S/C16H17NO3/c1-11-4-7-13(8-5-11)15(18)16(19)17(3)10-14-9-6-12(2)20-14/h4-9H,10H2,1-3H3. The van der Waals surface area contributed by atoms with Gasteiger partial charge in [-0.05, 0) is 26.0 Å². The lowest BCUT2D eigenvalue weighted by Crippen LogP contribution is -2.32. The molecule has 0 aliphatic rings. The molecule has 4 nitrogen and oxygen atoms in total. The smallest absolute Gasteiger partial charge is 0.295 e. The molecule has 0 fully saturated rings. The van der Waals surface area contributed by atoms with Crippen molar-refractivity contribution in [3.05, 3.63) is 59.0 Å². The molecule has 4 heteroatoms. The van der Waals surface area contributed by atoms with Crippen LogP contribution < -0.4 is 0 Å². The van der Waals surface area contributed by atoms with Crippen LogP contribution in [0.2, 0.25) is 0 Å². The molecule has 1 amide bonds. The summed E-state index contributed by atoms with van der Waals surface area (Å²) >= 11 is 0. The van der Waals surface area contributed by atoms with Crippen LogP contribution in [0.25, 0.3) is 0 Å². The molecule has 0 N–H and O–H groups in total. The topological polar surface area (TPSA) is 50.5 Å². The van der Waals surface area contributed by atoms with Crippen molar-refractivity contribution in [2.24, 2.45) is 0 Å². The molecule has 0 bridgehead atoms. The van der Waals surface area contributed by atoms with Gasteiger partial charge >= 0.3 is 0 Å². The summed E-state index contributed by atoms with van der Waals surface area (Å²) < 4.78 is 5.40. The molecule has 1 heterocycles. The van der Waals surface area contributed by atoms with Gasteiger partial charge in [-0.15, -0.1) is 0 Å². The van der Waals surface area contributed by atoms with E-state index in [0.717, 1.165) is 11.3 Å². The summed E-state index contributed by atoms with van der Waals surface area (Å²) in [6.07, 6.45) is 0. The zero-order chi connectivity index (χ0) is 14.7. The number of Topliss-reactive ketones (excluding diaryl/α,β-unsaturated/α-hetero) is 1. The molecular weight excluding hydrogens is 254 g/mol. The van der Waals surface area contributed by atoms with E-state index in [1.165, 1.54) is 4.90 Å². The number of hydrogen-bond acceptors (Lipinski definition) is 3. The Labute approximate surface area is 118 Å². The van der Waals surface area contributed by atoms with Crippen molar-refractivity contribution >= 4 is 11.7 Å². The summed E-state index contributed by atoms with van der Waals surface area (Å²) in [5, 5.41) is 0. The molecule has 2 rings (SSSR count). The largest absolute Gasteiger partial charge is 0.464 e. The Morgan fingerprint density at radius 2 is 1.70 bits per heavy atom. The molecule has 0 unspecified atom stereocenters.